The van der Waals surface area contributed by atoms with Crippen LogP contribution in [0.1, 0.15) is 5.56 Å². The van der Waals surface area contributed by atoms with Gasteiger partial charge in [-0.3, -0.25) is 0 Å². The third kappa shape index (κ3) is 5.89. The van der Waals surface area contributed by atoms with E-state index in [4.69, 9.17) is 0 Å². The largest absolute Gasteiger partial charge is 0.332 e. The lowest BCUT2D eigenvalue weighted by Gasteiger charge is -2.33. The summed E-state index contributed by atoms with van der Waals surface area (Å²) in [5, 5.41) is 5.76. The van der Waals surface area contributed by atoms with E-state index in [0.29, 0.717) is 6.54 Å². The first-order valence-corrected chi connectivity index (χ1v) is 8.19. The van der Waals surface area contributed by atoms with Crippen LogP contribution in [0.15, 0.2) is 73.3 Å². The fraction of sp³-hybridized carbons (Fsp3) is 0.250. The second-order valence-electron chi connectivity index (χ2n) is 6.20. The number of hydrogen-bond donors (Lipinski definition) is 2. The molecular weight excluding hydrogens is 298 g/mol. The maximum absolute atomic E-state index is 12.0. The normalized spacial score (nSPS) is 12.9. The molecule has 4 heteroatoms. The highest BCUT2D eigenvalue weighted by atomic mass is 16.2. The summed E-state index contributed by atoms with van der Waals surface area (Å²) in [7, 11) is 2.19. The van der Waals surface area contributed by atoms with Gasteiger partial charge in [0.25, 0.3) is 0 Å². The van der Waals surface area contributed by atoms with E-state index in [1.165, 1.54) is 5.56 Å². The average molecular weight is 324 g/mol. The minimum Gasteiger partial charge on any atom is -0.332 e. The highest BCUT2D eigenvalue weighted by Gasteiger charge is 2.20. The van der Waals surface area contributed by atoms with E-state index >= 15 is 0 Å². The van der Waals surface area contributed by atoms with Crippen LogP contribution in [0.4, 0.5) is 10.5 Å². The standard InChI is InChI=1S/C20H25N3O/c1-3-15-23(2,17-18-10-6-4-7-11-18)16-14-21-20(24)22-19-12-8-5-9-13-19/h3-13H,1,14-17H2,2H3,(H-,21,22,24)/p+1. The molecule has 24 heavy (non-hydrogen) atoms. The maximum Gasteiger partial charge on any atom is 0.319 e. The summed E-state index contributed by atoms with van der Waals surface area (Å²) in [6.07, 6.45) is 1.94. The Hall–Kier alpha value is -2.59. The average Bonchev–Trinajstić information content (AvgIpc) is 2.56. The summed E-state index contributed by atoms with van der Waals surface area (Å²) in [5.74, 6) is 0. The predicted octanol–water partition coefficient (Wildman–Crippen LogP) is 3.64. The number of quaternary nitrogens is 1. The van der Waals surface area contributed by atoms with Crippen molar-refractivity contribution in [1.82, 2.24) is 5.32 Å². The molecule has 2 N–H and O–H groups in total. The maximum atomic E-state index is 12.0. The number of hydrogen-bond acceptors (Lipinski definition) is 1. The molecule has 2 aromatic rings. The molecule has 0 aliphatic rings. The van der Waals surface area contributed by atoms with Crippen molar-refractivity contribution in [2.45, 2.75) is 6.54 Å². The van der Waals surface area contributed by atoms with E-state index in [-0.39, 0.29) is 6.03 Å². The van der Waals surface area contributed by atoms with Gasteiger partial charge in [-0.1, -0.05) is 55.1 Å². The molecule has 4 nitrogen and oxygen atoms in total. The van der Waals surface area contributed by atoms with Gasteiger partial charge in [-0.25, -0.2) is 4.79 Å². The van der Waals surface area contributed by atoms with Crippen LogP contribution in [-0.4, -0.2) is 37.2 Å². The Labute approximate surface area is 144 Å². The Morgan fingerprint density at radius 3 is 2.33 bits per heavy atom. The smallest absolute Gasteiger partial charge is 0.319 e. The Balaban J connectivity index is 1.84. The second kappa shape index (κ2) is 8.89. The Morgan fingerprint density at radius 1 is 1.08 bits per heavy atom. The molecule has 0 saturated carbocycles. The summed E-state index contributed by atoms with van der Waals surface area (Å²) >= 11 is 0. The molecule has 126 valence electrons. The number of benzene rings is 2. The number of likely N-dealkylation sites (N-methyl/N-ethyl adjacent to an activating group) is 1. The van der Waals surface area contributed by atoms with Gasteiger partial charge in [0.05, 0.1) is 26.7 Å². The Kier molecular flexibility index (Phi) is 6.58. The van der Waals surface area contributed by atoms with Gasteiger partial charge >= 0.3 is 6.03 Å². The number of para-hydroxylation sites is 1. The molecule has 0 radical (unpaired) electrons. The molecule has 2 amide bonds. The highest BCUT2D eigenvalue weighted by molar-refractivity contribution is 5.89. The van der Waals surface area contributed by atoms with Crippen LogP contribution in [0.2, 0.25) is 0 Å². The topological polar surface area (TPSA) is 41.1 Å². The number of nitrogens with one attached hydrogen (secondary N) is 2. The lowest BCUT2D eigenvalue weighted by Crippen LogP contribution is -2.48. The Bertz CT molecular complexity index is 642. The molecule has 1 atom stereocenters. The fourth-order valence-electron chi connectivity index (χ4n) is 2.71. The number of carbonyl (C=O) groups excluding carboxylic acids is 1. The quantitative estimate of drug-likeness (QED) is 0.565. The molecule has 0 heterocycles. The number of nitrogens with zero attached hydrogens (tertiary/aromatic N) is 1. The summed E-state index contributed by atoms with van der Waals surface area (Å²) in [6.45, 7) is 7.08. The molecule has 0 aromatic heterocycles. The van der Waals surface area contributed by atoms with Crippen LogP contribution in [0.5, 0.6) is 0 Å². The van der Waals surface area contributed by atoms with Crippen LogP contribution < -0.4 is 10.6 Å². The van der Waals surface area contributed by atoms with Crippen molar-refractivity contribution in [3.05, 3.63) is 78.9 Å². The first-order chi connectivity index (χ1) is 11.6. The van der Waals surface area contributed by atoms with Crippen molar-refractivity contribution >= 4 is 11.7 Å². The number of urea groups is 1. The van der Waals surface area contributed by atoms with Crippen LogP contribution in [-0.2, 0) is 6.54 Å². The molecule has 0 bridgehead atoms. The second-order valence-corrected chi connectivity index (χ2v) is 6.20. The summed E-state index contributed by atoms with van der Waals surface area (Å²) in [5.41, 5.74) is 2.08. The SMILES string of the molecule is C=CC[N+](C)(CCNC(=O)Nc1ccccc1)Cc1ccccc1. The monoisotopic (exact) mass is 324 g/mol. The van der Waals surface area contributed by atoms with Gasteiger partial charge in [0, 0.05) is 11.3 Å². The van der Waals surface area contributed by atoms with E-state index in [0.717, 1.165) is 29.8 Å². The zero-order valence-electron chi connectivity index (χ0n) is 14.2. The molecule has 0 aliphatic carbocycles. The van der Waals surface area contributed by atoms with Gasteiger partial charge in [0.1, 0.15) is 6.54 Å². The number of anilines is 1. The molecule has 2 rings (SSSR count). The van der Waals surface area contributed by atoms with Gasteiger partial charge < -0.3 is 15.1 Å². The van der Waals surface area contributed by atoms with E-state index < -0.39 is 0 Å². The van der Waals surface area contributed by atoms with E-state index in [1.54, 1.807) is 0 Å². The zero-order valence-corrected chi connectivity index (χ0v) is 14.2. The lowest BCUT2D eigenvalue weighted by atomic mass is 10.2. The minimum absolute atomic E-state index is 0.175. The zero-order chi connectivity index (χ0) is 17.3. The van der Waals surface area contributed by atoms with E-state index in [1.807, 2.05) is 42.5 Å². The van der Waals surface area contributed by atoms with Crippen LogP contribution in [0.25, 0.3) is 0 Å². The first-order valence-electron chi connectivity index (χ1n) is 8.19. The number of amides is 2. The highest BCUT2D eigenvalue weighted by Crippen LogP contribution is 2.11. The van der Waals surface area contributed by atoms with Crippen LogP contribution in [0, 0.1) is 0 Å². The van der Waals surface area contributed by atoms with Gasteiger partial charge in [-0.05, 0) is 18.2 Å². The fourth-order valence-corrected chi connectivity index (χ4v) is 2.71. The summed E-state index contributed by atoms with van der Waals surface area (Å²) in [6, 6.07) is 19.7. The Morgan fingerprint density at radius 2 is 1.71 bits per heavy atom. The third-order valence-corrected chi connectivity index (χ3v) is 3.95. The van der Waals surface area contributed by atoms with E-state index in [9.17, 15) is 4.79 Å². The van der Waals surface area contributed by atoms with Gasteiger partial charge in [0.2, 0.25) is 0 Å². The number of rotatable bonds is 8. The van der Waals surface area contributed by atoms with Crippen molar-refractivity contribution in [3.63, 3.8) is 0 Å². The van der Waals surface area contributed by atoms with E-state index in [2.05, 4.69) is 48.5 Å². The van der Waals surface area contributed by atoms with Gasteiger partial charge in [-0.15, -0.1) is 0 Å². The van der Waals surface area contributed by atoms with Crippen LogP contribution in [0.3, 0.4) is 0 Å². The van der Waals surface area contributed by atoms with Gasteiger partial charge in [0.15, 0.2) is 0 Å². The van der Waals surface area contributed by atoms with Crippen molar-refractivity contribution in [2.24, 2.45) is 0 Å². The molecule has 0 fully saturated rings. The van der Waals surface area contributed by atoms with Crippen molar-refractivity contribution in [3.8, 4) is 0 Å². The van der Waals surface area contributed by atoms with Crippen molar-refractivity contribution < 1.29 is 9.28 Å². The summed E-state index contributed by atoms with van der Waals surface area (Å²) < 4.78 is 0.805. The molecule has 2 aromatic carbocycles. The molecular formula is C20H26N3O+. The summed E-state index contributed by atoms with van der Waals surface area (Å²) in [4.78, 5) is 12.0. The van der Waals surface area contributed by atoms with Crippen LogP contribution >= 0.6 is 0 Å². The molecule has 1 unspecified atom stereocenters. The third-order valence-electron chi connectivity index (χ3n) is 3.95. The predicted molar refractivity (Wildman–Crippen MR) is 99.7 cm³/mol. The van der Waals surface area contributed by atoms with Crippen molar-refractivity contribution in [1.29, 1.82) is 0 Å². The first kappa shape index (κ1) is 17.8. The van der Waals surface area contributed by atoms with Crippen molar-refractivity contribution in [2.75, 3.05) is 32.0 Å². The van der Waals surface area contributed by atoms with Gasteiger partial charge in [-0.2, -0.15) is 0 Å². The minimum atomic E-state index is -0.175. The number of carbonyl (C=O) groups is 1. The lowest BCUT2D eigenvalue weighted by molar-refractivity contribution is -0.915. The molecule has 0 aliphatic heterocycles. The molecule has 0 spiro atoms. The molecule has 0 saturated heterocycles.